The number of hydrogen-bond acceptors (Lipinski definition) is 4. The van der Waals surface area contributed by atoms with Gasteiger partial charge in [0.05, 0.1) is 24.8 Å². The van der Waals surface area contributed by atoms with Crippen molar-refractivity contribution in [1.29, 1.82) is 0 Å². The Morgan fingerprint density at radius 3 is 2.55 bits per heavy atom. The summed E-state index contributed by atoms with van der Waals surface area (Å²) in [7, 11) is 0. The van der Waals surface area contributed by atoms with E-state index >= 15 is 0 Å². The number of carbonyl (C=O) groups is 1. The second-order valence-electron chi connectivity index (χ2n) is 5.49. The topological polar surface area (TPSA) is 75.4 Å². The highest BCUT2D eigenvalue weighted by Gasteiger charge is 2.19. The molecule has 0 saturated heterocycles. The maximum Gasteiger partial charge on any atom is 0.224 e. The van der Waals surface area contributed by atoms with E-state index in [-0.39, 0.29) is 25.0 Å². The van der Waals surface area contributed by atoms with Crippen LogP contribution in [0.1, 0.15) is 51.1 Å². The third-order valence-electron chi connectivity index (χ3n) is 3.29. The first kappa shape index (κ1) is 16.7. The third kappa shape index (κ3) is 4.63. The average Bonchev–Trinajstić information content (AvgIpc) is 2.79. The molecule has 20 heavy (non-hydrogen) atoms. The molecule has 0 aliphatic carbocycles. The smallest absolute Gasteiger partial charge is 0.224 e. The van der Waals surface area contributed by atoms with Crippen molar-refractivity contribution in [2.45, 2.75) is 59.4 Å². The fraction of sp³-hybridized carbons (Fsp3) is 0.733. The molecule has 1 unspecified atom stereocenters. The van der Waals surface area contributed by atoms with E-state index in [0.717, 1.165) is 36.3 Å². The van der Waals surface area contributed by atoms with Crippen molar-refractivity contribution >= 4 is 5.91 Å². The molecule has 0 spiro atoms. The monoisotopic (exact) mass is 282 g/mol. The van der Waals surface area contributed by atoms with Crippen molar-refractivity contribution in [2.75, 3.05) is 6.61 Å². The highest BCUT2D eigenvalue weighted by atomic mass is 16.5. The first-order chi connectivity index (χ1) is 9.51. The zero-order valence-electron chi connectivity index (χ0n) is 12.9. The maximum absolute atomic E-state index is 12.1. The number of rotatable bonds is 8. The van der Waals surface area contributed by atoms with E-state index in [0.29, 0.717) is 5.92 Å². The van der Waals surface area contributed by atoms with Gasteiger partial charge in [0.2, 0.25) is 5.91 Å². The molecule has 1 atom stereocenters. The van der Waals surface area contributed by atoms with Crippen LogP contribution in [-0.2, 0) is 24.1 Å². The van der Waals surface area contributed by atoms with Crippen LogP contribution in [0.5, 0.6) is 0 Å². The Hall–Kier alpha value is -1.36. The number of aryl methyl sites for hydroxylation is 2. The van der Waals surface area contributed by atoms with Crippen molar-refractivity contribution in [3.63, 3.8) is 0 Å². The van der Waals surface area contributed by atoms with Crippen molar-refractivity contribution in [2.24, 2.45) is 5.92 Å². The SMILES string of the molecule is CCc1noc(CC)c1CC(=O)NC(CO)CC(C)C. The van der Waals surface area contributed by atoms with Gasteiger partial charge in [-0.2, -0.15) is 0 Å². The fourth-order valence-electron chi connectivity index (χ4n) is 2.33. The summed E-state index contributed by atoms with van der Waals surface area (Å²) >= 11 is 0. The Morgan fingerprint density at radius 2 is 2.05 bits per heavy atom. The number of carbonyl (C=O) groups excluding carboxylic acids is 1. The number of hydrogen-bond donors (Lipinski definition) is 2. The molecular formula is C15H26N2O3. The molecule has 1 amide bonds. The van der Waals surface area contributed by atoms with Crippen LogP contribution < -0.4 is 5.32 Å². The quantitative estimate of drug-likeness (QED) is 0.763. The summed E-state index contributed by atoms with van der Waals surface area (Å²) in [6.45, 7) is 8.08. The minimum absolute atomic E-state index is 0.0329. The summed E-state index contributed by atoms with van der Waals surface area (Å²) in [6, 6.07) is -0.183. The first-order valence-corrected chi connectivity index (χ1v) is 7.38. The molecule has 0 aliphatic rings. The molecular weight excluding hydrogens is 256 g/mol. The number of amides is 1. The fourth-order valence-corrected chi connectivity index (χ4v) is 2.33. The molecule has 5 nitrogen and oxygen atoms in total. The Morgan fingerprint density at radius 1 is 1.35 bits per heavy atom. The lowest BCUT2D eigenvalue weighted by molar-refractivity contribution is -0.121. The minimum atomic E-state index is -0.183. The number of nitrogens with one attached hydrogen (secondary N) is 1. The zero-order chi connectivity index (χ0) is 15.1. The summed E-state index contributed by atoms with van der Waals surface area (Å²) in [5, 5.41) is 16.2. The van der Waals surface area contributed by atoms with Gasteiger partial charge in [0, 0.05) is 12.0 Å². The molecule has 0 aromatic carbocycles. The van der Waals surface area contributed by atoms with E-state index < -0.39 is 0 Å². The molecule has 0 bridgehead atoms. The standard InChI is InChI=1S/C15H26N2O3/c1-5-13-12(14(6-2)20-17-13)8-15(19)16-11(9-18)7-10(3)4/h10-11,18H,5-9H2,1-4H3,(H,16,19). The molecule has 0 radical (unpaired) electrons. The summed E-state index contributed by atoms with van der Waals surface area (Å²) in [5.41, 5.74) is 1.75. The van der Waals surface area contributed by atoms with Crippen LogP contribution in [0.25, 0.3) is 0 Å². The van der Waals surface area contributed by atoms with Crippen LogP contribution in [0, 0.1) is 5.92 Å². The summed E-state index contributed by atoms with van der Waals surface area (Å²) in [6.07, 6.45) is 2.52. The van der Waals surface area contributed by atoms with Crippen molar-refractivity contribution in [1.82, 2.24) is 10.5 Å². The van der Waals surface area contributed by atoms with Crippen molar-refractivity contribution < 1.29 is 14.4 Å². The van der Waals surface area contributed by atoms with Gasteiger partial charge in [-0.25, -0.2) is 0 Å². The van der Waals surface area contributed by atoms with Crippen LogP contribution in [0.2, 0.25) is 0 Å². The van der Waals surface area contributed by atoms with Crippen LogP contribution in [0.4, 0.5) is 0 Å². The van der Waals surface area contributed by atoms with Gasteiger partial charge in [-0.05, 0) is 18.8 Å². The second-order valence-corrected chi connectivity index (χ2v) is 5.49. The van der Waals surface area contributed by atoms with Crippen LogP contribution in [0.3, 0.4) is 0 Å². The van der Waals surface area contributed by atoms with E-state index in [4.69, 9.17) is 4.52 Å². The predicted molar refractivity (Wildman–Crippen MR) is 77.4 cm³/mol. The number of aromatic nitrogens is 1. The Bertz CT molecular complexity index is 405. The lowest BCUT2D eigenvalue weighted by Crippen LogP contribution is -2.39. The zero-order valence-corrected chi connectivity index (χ0v) is 12.9. The van der Waals surface area contributed by atoms with Crippen LogP contribution in [-0.4, -0.2) is 28.8 Å². The van der Waals surface area contributed by atoms with Gasteiger partial charge < -0.3 is 14.9 Å². The van der Waals surface area contributed by atoms with Crippen LogP contribution in [0.15, 0.2) is 4.52 Å². The maximum atomic E-state index is 12.1. The molecule has 0 saturated carbocycles. The lowest BCUT2D eigenvalue weighted by Gasteiger charge is -2.18. The van der Waals surface area contributed by atoms with Gasteiger partial charge in [-0.1, -0.05) is 32.9 Å². The van der Waals surface area contributed by atoms with Crippen molar-refractivity contribution in [3.8, 4) is 0 Å². The lowest BCUT2D eigenvalue weighted by atomic mass is 10.0. The number of aliphatic hydroxyl groups excluding tert-OH is 1. The highest BCUT2D eigenvalue weighted by Crippen LogP contribution is 2.16. The first-order valence-electron chi connectivity index (χ1n) is 7.38. The number of nitrogens with zero attached hydrogens (tertiary/aromatic N) is 1. The van der Waals surface area contributed by atoms with Gasteiger partial charge in [-0.15, -0.1) is 0 Å². The normalized spacial score (nSPS) is 12.7. The van der Waals surface area contributed by atoms with E-state index in [1.165, 1.54) is 0 Å². The van der Waals surface area contributed by atoms with Gasteiger partial charge in [0.25, 0.3) is 0 Å². The highest BCUT2D eigenvalue weighted by molar-refractivity contribution is 5.79. The Balaban J connectivity index is 2.68. The van der Waals surface area contributed by atoms with Gasteiger partial charge in [0.15, 0.2) is 0 Å². The summed E-state index contributed by atoms with van der Waals surface area (Å²) in [4.78, 5) is 12.1. The van der Waals surface area contributed by atoms with E-state index in [1.54, 1.807) is 0 Å². The average molecular weight is 282 g/mol. The molecule has 0 fully saturated rings. The van der Waals surface area contributed by atoms with Crippen LogP contribution >= 0.6 is 0 Å². The van der Waals surface area contributed by atoms with E-state index in [2.05, 4.69) is 24.3 Å². The molecule has 1 aromatic heterocycles. The largest absolute Gasteiger partial charge is 0.394 e. The molecule has 5 heteroatoms. The second kappa shape index (κ2) is 8.04. The predicted octanol–water partition coefficient (Wildman–Crippen LogP) is 1.87. The third-order valence-corrected chi connectivity index (χ3v) is 3.29. The van der Waals surface area contributed by atoms with E-state index in [1.807, 2.05) is 13.8 Å². The summed E-state index contributed by atoms with van der Waals surface area (Å²) in [5.74, 6) is 1.12. The minimum Gasteiger partial charge on any atom is -0.394 e. The molecule has 1 rings (SSSR count). The molecule has 1 aromatic rings. The van der Waals surface area contributed by atoms with Gasteiger partial charge in [0.1, 0.15) is 5.76 Å². The number of aliphatic hydroxyl groups is 1. The molecule has 0 aliphatic heterocycles. The van der Waals surface area contributed by atoms with Crippen molar-refractivity contribution in [3.05, 3.63) is 17.0 Å². The van der Waals surface area contributed by atoms with E-state index in [9.17, 15) is 9.90 Å². The molecule has 114 valence electrons. The molecule has 2 N–H and O–H groups in total. The Labute approximate surface area is 120 Å². The Kier molecular flexibility index (Phi) is 6.71. The summed E-state index contributed by atoms with van der Waals surface area (Å²) < 4.78 is 5.25. The van der Waals surface area contributed by atoms with Gasteiger partial charge >= 0.3 is 0 Å². The molecule has 1 heterocycles. The van der Waals surface area contributed by atoms with Gasteiger partial charge in [-0.3, -0.25) is 4.79 Å².